The molecular weight excluding hydrogens is 388 g/mol. The number of hydrogen-bond acceptors (Lipinski definition) is 7. The summed E-state index contributed by atoms with van der Waals surface area (Å²) < 4.78 is 0. The van der Waals surface area contributed by atoms with Crippen LogP contribution in [0.5, 0.6) is 0 Å². The minimum atomic E-state index is 0.110. The molecule has 7 nitrogen and oxygen atoms in total. The fourth-order valence-electron chi connectivity index (χ4n) is 4.35. The number of carbonyl (C=O) groups is 1. The van der Waals surface area contributed by atoms with E-state index in [1.807, 2.05) is 30.5 Å². The number of rotatable bonds is 5. The molecule has 0 spiro atoms. The van der Waals surface area contributed by atoms with Crippen molar-refractivity contribution in [3.63, 3.8) is 0 Å². The Labute approximate surface area is 182 Å². The van der Waals surface area contributed by atoms with Crippen molar-refractivity contribution in [1.29, 1.82) is 5.26 Å². The van der Waals surface area contributed by atoms with Crippen molar-refractivity contribution in [2.75, 3.05) is 19.6 Å². The van der Waals surface area contributed by atoms with E-state index in [2.05, 4.69) is 33.2 Å². The van der Waals surface area contributed by atoms with Crippen molar-refractivity contribution in [1.82, 2.24) is 15.2 Å². The molecule has 2 heterocycles. The van der Waals surface area contributed by atoms with Crippen LogP contribution in [0.25, 0.3) is 0 Å². The summed E-state index contributed by atoms with van der Waals surface area (Å²) in [5.74, 6) is 0.847. The molecule has 0 bridgehead atoms. The Hall–Kier alpha value is -3.34. The van der Waals surface area contributed by atoms with Crippen molar-refractivity contribution >= 4 is 17.8 Å². The lowest BCUT2D eigenvalue weighted by Crippen LogP contribution is -2.45. The molecule has 3 N–H and O–H groups in total. The number of pyridine rings is 1. The summed E-state index contributed by atoms with van der Waals surface area (Å²) in [5, 5.41) is 12.3. The third-order valence-electron chi connectivity index (χ3n) is 5.98. The molecule has 0 radical (unpaired) electrons. The van der Waals surface area contributed by atoms with Crippen molar-refractivity contribution < 1.29 is 4.79 Å². The molecule has 0 unspecified atom stereocenters. The average Bonchev–Trinajstić information content (AvgIpc) is 3.17. The number of nitrogens with zero attached hydrogens (tertiary/aromatic N) is 4. The van der Waals surface area contributed by atoms with E-state index in [0.29, 0.717) is 12.2 Å². The fraction of sp³-hybridized carbons (Fsp3) is 0.333. The van der Waals surface area contributed by atoms with Crippen LogP contribution < -0.4 is 11.1 Å². The largest absolute Gasteiger partial charge is 0.390 e. The summed E-state index contributed by atoms with van der Waals surface area (Å²) in [7, 11) is 0. The monoisotopic (exact) mass is 414 g/mol. The Kier molecular flexibility index (Phi) is 6.21. The number of hydrogen-bond donors (Lipinski definition) is 2. The van der Waals surface area contributed by atoms with E-state index in [-0.39, 0.29) is 17.5 Å². The van der Waals surface area contributed by atoms with Gasteiger partial charge in [0.15, 0.2) is 11.6 Å². The van der Waals surface area contributed by atoms with Crippen LogP contribution >= 0.6 is 0 Å². The Bertz CT molecular complexity index is 1080. The van der Waals surface area contributed by atoms with E-state index in [1.54, 1.807) is 0 Å². The first-order valence-electron chi connectivity index (χ1n) is 10.5. The molecule has 2 aromatic rings. The standard InChI is InChI=1S/C24H26N6O/c1-16-19-5-6-23(31)21(19)4-3-20(16)22-15-30(11-10-27-22)14-17-2-7-24(29-13-17)28-9-8-18(26)12-25/h2-4,7-9,13,22,27H,5-6,10-11,14-15,26H2,1H3/t22-/m0/s1. The van der Waals surface area contributed by atoms with E-state index in [9.17, 15) is 4.79 Å². The van der Waals surface area contributed by atoms with Crippen LogP contribution in [-0.4, -0.2) is 41.5 Å². The van der Waals surface area contributed by atoms with Crippen molar-refractivity contribution in [2.24, 2.45) is 10.7 Å². The van der Waals surface area contributed by atoms with Crippen LogP contribution in [0.3, 0.4) is 0 Å². The molecule has 1 atom stereocenters. The van der Waals surface area contributed by atoms with Crippen LogP contribution in [0, 0.1) is 18.3 Å². The predicted octanol–water partition coefficient (Wildman–Crippen LogP) is 2.73. The third kappa shape index (κ3) is 4.71. The van der Waals surface area contributed by atoms with E-state index in [1.165, 1.54) is 29.0 Å². The molecule has 0 amide bonds. The Balaban J connectivity index is 1.41. The molecule has 1 aliphatic carbocycles. The van der Waals surface area contributed by atoms with Gasteiger partial charge in [-0.2, -0.15) is 5.26 Å². The van der Waals surface area contributed by atoms with Crippen LogP contribution in [-0.2, 0) is 13.0 Å². The van der Waals surface area contributed by atoms with Gasteiger partial charge in [0.1, 0.15) is 11.8 Å². The van der Waals surface area contributed by atoms with Gasteiger partial charge in [-0.1, -0.05) is 18.2 Å². The lowest BCUT2D eigenvalue weighted by molar-refractivity contribution is 0.0994. The molecule has 1 aromatic carbocycles. The Morgan fingerprint density at radius 3 is 3.03 bits per heavy atom. The average molecular weight is 415 g/mol. The lowest BCUT2D eigenvalue weighted by Gasteiger charge is -2.35. The highest BCUT2D eigenvalue weighted by Crippen LogP contribution is 2.31. The van der Waals surface area contributed by atoms with Gasteiger partial charge in [0.2, 0.25) is 0 Å². The molecule has 7 heteroatoms. The maximum Gasteiger partial charge on any atom is 0.163 e. The first kappa shape index (κ1) is 20.9. The number of piperazine rings is 1. The summed E-state index contributed by atoms with van der Waals surface area (Å²) in [6, 6.07) is 10.1. The highest BCUT2D eigenvalue weighted by molar-refractivity contribution is 6.00. The zero-order valence-electron chi connectivity index (χ0n) is 17.6. The SMILES string of the molecule is Cc1c([C@@H]2CN(Cc3ccc(N=CC=C(N)C#N)nc3)CCN2)ccc2c1CCC2=O. The van der Waals surface area contributed by atoms with Gasteiger partial charge >= 0.3 is 0 Å². The lowest BCUT2D eigenvalue weighted by atomic mass is 9.93. The van der Waals surface area contributed by atoms with Gasteiger partial charge in [-0.15, -0.1) is 0 Å². The zero-order chi connectivity index (χ0) is 21.8. The first-order valence-corrected chi connectivity index (χ1v) is 10.5. The molecule has 0 saturated carbocycles. The first-order chi connectivity index (χ1) is 15.0. The van der Waals surface area contributed by atoms with E-state index in [4.69, 9.17) is 11.0 Å². The minimum Gasteiger partial charge on any atom is -0.390 e. The number of ketones is 1. The second-order valence-electron chi connectivity index (χ2n) is 8.01. The Morgan fingerprint density at radius 1 is 1.39 bits per heavy atom. The van der Waals surface area contributed by atoms with Crippen LogP contribution in [0.15, 0.2) is 47.2 Å². The summed E-state index contributed by atoms with van der Waals surface area (Å²) in [6.07, 6.45) is 6.27. The summed E-state index contributed by atoms with van der Waals surface area (Å²) in [5.41, 5.74) is 11.4. The van der Waals surface area contributed by atoms with Gasteiger partial charge in [-0.05, 0) is 47.7 Å². The van der Waals surface area contributed by atoms with Crippen molar-refractivity contribution in [2.45, 2.75) is 32.4 Å². The van der Waals surface area contributed by atoms with Gasteiger partial charge in [0, 0.05) is 56.6 Å². The van der Waals surface area contributed by atoms with Gasteiger partial charge in [-0.25, -0.2) is 9.98 Å². The molecule has 1 saturated heterocycles. The van der Waals surface area contributed by atoms with Crippen LogP contribution in [0.2, 0.25) is 0 Å². The normalized spacial score (nSPS) is 19.5. The second kappa shape index (κ2) is 9.21. The van der Waals surface area contributed by atoms with E-state index >= 15 is 0 Å². The number of nitriles is 1. The van der Waals surface area contributed by atoms with E-state index in [0.717, 1.165) is 43.7 Å². The molecule has 1 aliphatic heterocycles. The number of fused-ring (bicyclic) bond motifs is 1. The Morgan fingerprint density at radius 2 is 2.26 bits per heavy atom. The maximum absolute atomic E-state index is 12.0. The quantitative estimate of drug-likeness (QED) is 0.575. The van der Waals surface area contributed by atoms with Crippen LogP contribution in [0.1, 0.15) is 45.1 Å². The molecule has 2 aliphatic rings. The smallest absolute Gasteiger partial charge is 0.163 e. The summed E-state index contributed by atoms with van der Waals surface area (Å²) >= 11 is 0. The van der Waals surface area contributed by atoms with Gasteiger partial charge in [0.25, 0.3) is 0 Å². The van der Waals surface area contributed by atoms with Crippen molar-refractivity contribution in [3.05, 3.63) is 70.1 Å². The van der Waals surface area contributed by atoms with Gasteiger partial charge < -0.3 is 11.1 Å². The molecule has 158 valence electrons. The highest BCUT2D eigenvalue weighted by Gasteiger charge is 2.27. The molecule has 1 aromatic heterocycles. The molecule has 1 fully saturated rings. The predicted molar refractivity (Wildman–Crippen MR) is 120 cm³/mol. The fourth-order valence-corrected chi connectivity index (χ4v) is 4.35. The van der Waals surface area contributed by atoms with E-state index < -0.39 is 0 Å². The maximum atomic E-state index is 12.0. The third-order valence-corrected chi connectivity index (χ3v) is 5.98. The molecular formula is C24H26N6O. The summed E-state index contributed by atoms with van der Waals surface area (Å²) in [4.78, 5) is 23.0. The van der Waals surface area contributed by atoms with Crippen LogP contribution in [0.4, 0.5) is 5.82 Å². The number of Topliss-reactive ketones (excluding diaryl/α,β-unsaturated/α-hetero) is 1. The highest BCUT2D eigenvalue weighted by atomic mass is 16.1. The number of nitrogens with two attached hydrogens (primary N) is 1. The molecule has 31 heavy (non-hydrogen) atoms. The number of aromatic nitrogens is 1. The van der Waals surface area contributed by atoms with Gasteiger partial charge in [0.05, 0.1) is 0 Å². The number of allylic oxidation sites excluding steroid dienone is 2. The minimum absolute atomic E-state index is 0.110. The van der Waals surface area contributed by atoms with Gasteiger partial charge in [-0.3, -0.25) is 9.69 Å². The molecule has 4 rings (SSSR count). The number of aliphatic imine (C=N–C) groups is 1. The zero-order valence-corrected chi connectivity index (χ0v) is 17.6. The number of carbonyl (C=O) groups excluding carboxylic acids is 1. The van der Waals surface area contributed by atoms with Crippen molar-refractivity contribution in [3.8, 4) is 6.07 Å². The topological polar surface area (TPSA) is 107 Å². The summed E-state index contributed by atoms with van der Waals surface area (Å²) in [6.45, 7) is 5.76. The number of benzene rings is 1. The second-order valence-corrected chi connectivity index (χ2v) is 8.01. The number of nitrogens with one attached hydrogen (secondary N) is 1.